The van der Waals surface area contributed by atoms with Gasteiger partial charge in [-0.3, -0.25) is 0 Å². The largest absolute Gasteiger partial charge is 0.373 e. The molecule has 1 N–H and O–H groups in total. The van der Waals surface area contributed by atoms with Crippen LogP contribution in [-0.2, 0) is 11.2 Å². The Labute approximate surface area is 130 Å². The van der Waals surface area contributed by atoms with Crippen molar-refractivity contribution < 1.29 is 4.74 Å². The number of nitrogens with one attached hydrogen (secondary N) is 1. The van der Waals surface area contributed by atoms with Crippen molar-refractivity contribution >= 4 is 0 Å². The molecule has 1 heterocycles. The number of hydrogen-bond donors (Lipinski definition) is 1. The Hall–Kier alpha value is -0.860. The number of rotatable bonds is 8. The van der Waals surface area contributed by atoms with Gasteiger partial charge < -0.3 is 10.1 Å². The lowest BCUT2D eigenvalue weighted by Crippen LogP contribution is -2.33. The van der Waals surface area contributed by atoms with Crippen LogP contribution in [0, 0.1) is 5.92 Å². The van der Waals surface area contributed by atoms with Gasteiger partial charge in [-0.2, -0.15) is 0 Å². The molecular formula is C19H31NO. The van der Waals surface area contributed by atoms with Gasteiger partial charge in [-0.05, 0) is 55.7 Å². The Balaban J connectivity index is 1.99. The topological polar surface area (TPSA) is 21.3 Å². The first-order valence-electron chi connectivity index (χ1n) is 8.63. The van der Waals surface area contributed by atoms with E-state index in [-0.39, 0.29) is 6.10 Å². The molecule has 1 aromatic rings. The minimum Gasteiger partial charge on any atom is -0.373 e. The van der Waals surface area contributed by atoms with E-state index in [0.29, 0.717) is 6.04 Å². The summed E-state index contributed by atoms with van der Waals surface area (Å²) < 4.78 is 6.08. The zero-order valence-electron chi connectivity index (χ0n) is 13.9. The number of hydrogen-bond acceptors (Lipinski definition) is 2. The van der Waals surface area contributed by atoms with E-state index in [1.165, 1.54) is 30.4 Å². The quantitative estimate of drug-likeness (QED) is 0.761. The zero-order chi connectivity index (χ0) is 15.1. The summed E-state index contributed by atoms with van der Waals surface area (Å²) in [7, 11) is 0. The lowest BCUT2D eigenvalue weighted by molar-refractivity contribution is 0.0284. The van der Waals surface area contributed by atoms with Crippen LogP contribution in [0.4, 0.5) is 0 Å². The maximum atomic E-state index is 6.08. The second-order valence-electron chi connectivity index (χ2n) is 6.67. The van der Waals surface area contributed by atoms with Crippen LogP contribution in [0.15, 0.2) is 24.3 Å². The summed E-state index contributed by atoms with van der Waals surface area (Å²) >= 11 is 0. The average Bonchev–Trinajstić information content (AvgIpc) is 2.50. The molecular weight excluding hydrogens is 258 g/mol. The van der Waals surface area contributed by atoms with Gasteiger partial charge in [-0.25, -0.2) is 0 Å². The van der Waals surface area contributed by atoms with E-state index in [0.717, 1.165) is 31.9 Å². The molecule has 2 nitrogen and oxygen atoms in total. The molecule has 0 amide bonds. The van der Waals surface area contributed by atoms with Crippen molar-refractivity contribution in [2.75, 3.05) is 13.2 Å². The lowest BCUT2D eigenvalue weighted by Gasteiger charge is -2.30. The summed E-state index contributed by atoms with van der Waals surface area (Å²) in [5.41, 5.74) is 2.89. The molecule has 2 heteroatoms. The van der Waals surface area contributed by atoms with Gasteiger partial charge in [0.05, 0.1) is 12.7 Å². The van der Waals surface area contributed by atoms with E-state index in [4.69, 9.17) is 4.74 Å². The highest BCUT2D eigenvalue weighted by Gasteiger charge is 2.23. The van der Waals surface area contributed by atoms with Crippen LogP contribution in [0.5, 0.6) is 0 Å². The minimum absolute atomic E-state index is 0.275. The highest BCUT2D eigenvalue weighted by Crippen LogP contribution is 2.31. The second-order valence-corrected chi connectivity index (χ2v) is 6.67. The van der Waals surface area contributed by atoms with Crippen LogP contribution in [-0.4, -0.2) is 19.2 Å². The van der Waals surface area contributed by atoms with Gasteiger partial charge >= 0.3 is 0 Å². The van der Waals surface area contributed by atoms with Gasteiger partial charge in [0.15, 0.2) is 0 Å². The summed E-state index contributed by atoms with van der Waals surface area (Å²) in [6.07, 6.45) is 6.17. The predicted octanol–water partition coefficient (Wildman–Crippen LogP) is 4.49. The fourth-order valence-electron chi connectivity index (χ4n) is 3.12. The molecule has 0 saturated carbocycles. The van der Waals surface area contributed by atoms with Crippen molar-refractivity contribution in [2.24, 2.45) is 5.92 Å². The molecule has 0 saturated heterocycles. The third kappa shape index (κ3) is 5.12. The zero-order valence-corrected chi connectivity index (χ0v) is 13.9. The SMILES string of the molecule is CCCNC(CCC(C)C)CC1OCCc2ccccc21. The van der Waals surface area contributed by atoms with Gasteiger partial charge in [-0.15, -0.1) is 0 Å². The molecule has 21 heavy (non-hydrogen) atoms. The van der Waals surface area contributed by atoms with Gasteiger partial charge in [-0.1, -0.05) is 45.0 Å². The summed E-state index contributed by atoms with van der Waals surface area (Å²) in [6.45, 7) is 8.83. The predicted molar refractivity (Wildman–Crippen MR) is 89.6 cm³/mol. The standard InChI is InChI=1S/C19H31NO/c1-4-12-20-17(10-9-15(2)3)14-19-18-8-6-5-7-16(18)11-13-21-19/h5-8,15,17,19-20H,4,9-14H2,1-3H3. The Morgan fingerprint density at radius 1 is 1.24 bits per heavy atom. The summed E-state index contributed by atoms with van der Waals surface area (Å²) in [5.74, 6) is 0.774. The molecule has 1 aromatic carbocycles. The Kier molecular flexibility index (Phi) is 6.72. The van der Waals surface area contributed by atoms with Crippen molar-refractivity contribution in [1.29, 1.82) is 0 Å². The molecule has 2 unspecified atom stereocenters. The van der Waals surface area contributed by atoms with Crippen LogP contribution in [0.2, 0.25) is 0 Å². The average molecular weight is 289 g/mol. The maximum Gasteiger partial charge on any atom is 0.0842 e. The third-order valence-electron chi connectivity index (χ3n) is 4.37. The molecule has 2 atom stereocenters. The molecule has 1 aliphatic heterocycles. The molecule has 2 rings (SSSR count). The van der Waals surface area contributed by atoms with Gasteiger partial charge in [0.25, 0.3) is 0 Å². The highest BCUT2D eigenvalue weighted by atomic mass is 16.5. The van der Waals surface area contributed by atoms with E-state index in [1.807, 2.05) is 0 Å². The normalized spacial score (nSPS) is 19.5. The first kappa shape index (κ1) is 16.5. The molecule has 0 radical (unpaired) electrons. The van der Waals surface area contributed by atoms with Crippen LogP contribution in [0.25, 0.3) is 0 Å². The molecule has 0 fully saturated rings. The van der Waals surface area contributed by atoms with Gasteiger partial charge in [0.1, 0.15) is 0 Å². The Morgan fingerprint density at radius 2 is 2.05 bits per heavy atom. The van der Waals surface area contributed by atoms with Crippen LogP contribution in [0.1, 0.15) is 63.7 Å². The minimum atomic E-state index is 0.275. The summed E-state index contributed by atoms with van der Waals surface area (Å²) in [5, 5.41) is 3.72. The monoisotopic (exact) mass is 289 g/mol. The van der Waals surface area contributed by atoms with E-state index in [1.54, 1.807) is 0 Å². The fourth-order valence-corrected chi connectivity index (χ4v) is 3.12. The van der Waals surface area contributed by atoms with Crippen LogP contribution in [0.3, 0.4) is 0 Å². The van der Waals surface area contributed by atoms with Crippen LogP contribution >= 0.6 is 0 Å². The van der Waals surface area contributed by atoms with E-state index in [9.17, 15) is 0 Å². The number of benzene rings is 1. The molecule has 0 aliphatic carbocycles. The molecule has 0 aromatic heterocycles. The van der Waals surface area contributed by atoms with E-state index >= 15 is 0 Å². The molecule has 0 spiro atoms. The van der Waals surface area contributed by atoms with E-state index in [2.05, 4.69) is 50.4 Å². The Bertz CT molecular complexity index is 416. The van der Waals surface area contributed by atoms with Gasteiger partial charge in [0, 0.05) is 6.04 Å². The van der Waals surface area contributed by atoms with Crippen molar-refractivity contribution in [3.8, 4) is 0 Å². The third-order valence-corrected chi connectivity index (χ3v) is 4.37. The molecule has 118 valence electrons. The molecule has 0 bridgehead atoms. The van der Waals surface area contributed by atoms with Crippen molar-refractivity contribution in [3.63, 3.8) is 0 Å². The van der Waals surface area contributed by atoms with Crippen molar-refractivity contribution in [3.05, 3.63) is 35.4 Å². The number of ether oxygens (including phenoxy) is 1. The maximum absolute atomic E-state index is 6.08. The number of fused-ring (bicyclic) bond motifs is 1. The summed E-state index contributed by atoms with van der Waals surface area (Å²) in [6, 6.07) is 9.37. The lowest BCUT2D eigenvalue weighted by atomic mass is 9.91. The second kappa shape index (κ2) is 8.55. The Morgan fingerprint density at radius 3 is 2.81 bits per heavy atom. The summed E-state index contributed by atoms with van der Waals surface area (Å²) in [4.78, 5) is 0. The van der Waals surface area contributed by atoms with Crippen molar-refractivity contribution in [2.45, 2.75) is 65.0 Å². The fraction of sp³-hybridized carbons (Fsp3) is 0.684. The van der Waals surface area contributed by atoms with Crippen molar-refractivity contribution in [1.82, 2.24) is 5.32 Å². The smallest absolute Gasteiger partial charge is 0.0842 e. The van der Waals surface area contributed by atoms with Crippen LogP contribution < -0.4 is 5.32 Å². The van der Waals surface area contributed by atoms with Gasteiger partial charge in [0.2, 0.25) is 0 Å². The highest BCUT2D eigenvalue weighted by molar-refractivity contribution is 5.31. The first-order valence-corrected chi connectivity index (χ1v) is 8.63. The van der Waals surface area contributed by atoms with E-state index < -0.39 is 0 Å². The molecule has 1 aliphatic rings. The first-order chi connectivity index (χ1) is 10.2.